The van der Waals surface area contributed by atoms with Crippen molar-refractivity contribution in [3.05, 3.63) is 28.8 Å². The third-order valence-corrected chi connectivity index (χ3v) is 5.73. The number of ketones is 1. The number of carbonyl (C=O) groups excluding carboxylic acids is 2. The summed E-state index contributed by atoms with van der Waals surface area (Å²) in [4.78, 5) is 25.3. The van der Waals surface area contributed by atoms with Gasteiger partial charge < -0.3 is 4.74 Å². The van der Waals surface area contributed by atoms with E-state index in [-0.39, 0.29) is 28.5 Å². The second-order valence-electron chi connectivity index (χ2n) is 9.91. The average molecular weight is 342 g/mol. The van der Waals surface area contributed by atoms with E-state index >= 15 is 0 Å². The van der Waals surface area contributed by atoms with Gasteiger partial charge in [-0.05, 0) is 36.5 Å². The highest BCUT2D eigenvalue weighted by Crippen LogP contribution is 2.62. The minimum Gasteiger partial charge on any atom is -0.425 e. The van der Waals surface area contributed by atoms with Crippen LogP contribution in [0, 0.1) is 18.3 Å². The molecule has 2 atom stereocenters. The molecule has 1 aromatic rings. The van der Waals surface area contributed by atoms with Crippen LogP contribution in [-0.4, -0.2) is 11.8 Å². The fourth-order valence-corrected chi connectivity index (χ4v) is 4.09. The number of ether oxygens (including phenoxy) is 1. The van der Waals surface area contributed by atoms with Crippen LogP contribution in [0.25, 0.3) is 0 Å². The first-order valence-corrected chi connectivity index (χ1v) is 9.28. The Balaban J connectivity index is 2.08. The lowest BCUT2D eigenvalue weighted by Gasteiger charge is -2.30. The lowest BCUT2D eigenvalue weighted by atomic mass is 9.78. The molecule has 0 heterocycles. The molecular formula is C22H30O3. The van der Waals surface area contributed by atoms with E-state index in [1.54, 1.807) is 0 Å². The molecule has 0 radical (unpaired) electrons. The molecule has 0 amide bonds. The number of fused-ring (bicyclic) bond motifs is 1. The van der Waals surface area contributed by atoms with Crippen molar-refractivity contribution in [2.75, 3.05) is 0 Å². The summed E-state index contributed by atoms with van der Waals surface area (Å²) in [5, 5.41) is 0. The molecule has 136 valence electrons. The van der Waals surface area contributed by atoms with Gasteiger partial charge in [-0.25, -0.2) is 0 Å². The van der Waals surface area contributed by atoms with Crippen LogP contribution < -0.4 is 4.74 Å². The Bertz CT molecular complexity index is 711. The van der Waals surface area contributed by atoms with Gasteiger partial charge >= 0.3 is 5.97 Å². The van der Waals surface area contributed by atoms with Gasteiger partial charge in [-0.3, -0.25) is 9.59 Å². The smallest absolute Gasteiger partial charge is 0.325 e. The van der Waals surface area contributed by atoms with Crippen molar-refractivity contribution in [3.8, 4) is 5.75 Å². The van der Waals surface area contributed by atoms with Crippen molar-refractivity contribution in [3.63, 3.8) is 0 Å². The van der Waals surface area contributed by atoms with E-state index in [4.69, 9.17) is 4.74 Å². The number of esters is 1. The predicted molar refractivity (Wildman–Crippen MR) is 99.0 cm³/mol. The lowest BCUT2D eigenvalue weighted by Crippen LogP contribution is -2.31. The van der Waals surface area contributed by atoms with Gasteiger partial charge in [-0.2, -0.15) is 0 Å². The number of rotatable bonds is 2. The highest BCUT2D eigenvalue weighted by molar-refractivity contribution is 6.09. The Morgan fingerprint density at radius 2 is 1.60 bits per heavy atom. The number of hydrogen-bond donors (Lipinski definition) is 0. The van der Waals surface area contributed by atoms with E-state index in [9.17, 15) is 9.59 Å². The van der Waals surface area contributed by atoms with Crippen LogP contribution >= 0.6 is 0 Å². The molecule has 1 aromatic carbocycles. The molecule has 2 fully saturated rings. The van der Waals surface area contributed by atoms with Gasteiger partial charge in [0.15, 0.2) is 5.78 Å². The number of carbonyl (C=O) groups is 2. The summed E-state index contributed by atoms with van der Waals surface area (Å²) in [5.74, 6) is 0.605. The van der Waals surface area contributed by atoms with E-state index in [1.165, 1.54) is 0 Å². The highest BCUT2D eigenvalue weighted by Gasteiger charge is 2.69. The van der Waals surface area contributed by atoms with E-state index in [1.807, 2.05) is 0 Å². The van der Waals surface area contributed by atoms with Crippen molar-refractivity contribution in [1.29, 1.82) is 0 Å². The van der Waals surface area contributed by atoms with Gasteiger partial charge in [-0.15, -0.1) is 0 Å². The first-order valence-electron chi connectivity index (χ1n) is 9.28. The summed E-state index contributed by atoms with van der Waals surface area (Å²) < 4.78 is 6.02. The van der Waals surface area contributed by atoms with Crippen LogP contribution in [0.3, 0.4) is 0 Å². The molecule has 0 spiro atoms. The molecule has 0 bridgehead atoms. The molecule has 0 unspecified atom stereocenters. The third-order valence-electron chi connectivity index (χ3n) is 5.73. The SMILES string of the molecule is Cc1cc(C(C)(C)C)c(OC(=O)[C@]23C[C@H]2CCC3=O)c(C(C)(C)C)c1. The van der Waals surface area contributed by atoms with Crippen LogP contribution in [-0.2, 0) is 20.4 Å². The molecule has 0 aliphatic heterocycles. The normalized spacial score (nSPS) is 25.7. The summed E-state index contributed by atoms with van der Waals surface area (Å²) in [6.45, 7) is 14.9. The first kappa shape index (κ1) is 18.2. The predicted octanol–water partition coefficient (Wildman–Crippen LogP) is 4.86. The van der Waals surface area contributed by atoms with E-state index in [2.05, 4.69) is 60.6 Å². The monoisotopic (exact) mass is 342 g/mol. The summed E-state index contributed by atoms with van der Waals surface area (Å²) in [5.41, 5.74) is 2.09. The van der Waals surface area contributed by atoms with Gasteiger partial charge in [-0.1, -0.05) is 59.2 Å². The zero-order chi connectivity index (χ0) is 18.8. The average Bonchev–Trinajstić information content (AvgIpc) is 3.12. The summed E-state index contributed by atoms with van der Waals surface area (Å²) in [7, 11) is 0. The maximum Gasteiger partial charge on any atom is 0.325 e. The Hall–Kier alpha value is -1.64. The van der Waals surface area contributed by atoms with E-state index < -0.39 is 5.41 Å². The Morgan fingerprint density at radius 1 is 1.08 bits per heavy atom. The van der Waals surface area contributed by atoms with Gasteiger partial charge in [0.2, 0.25) is 0 Å². The second-order valence-corrected chi connectivity index (χ2v) is 9.91. The summed E-state index contributed by atoms with van der Waals surface area (Å²) in [6, 6.07) is 4.22. The molecule has 0 saturated heterocycles. The molecule has 3 nitrogen and oxygen atoms in total. The molecule has 2 saturated carbocycles. The van der Waals surface area contributed by atoms with Crippen molar-refractivity contribution >= 4 is 11.8 Å². The number of benzene rings is 1. The molecule has 25 heavy (non-hydrogen) atoms. The number of Topliss-reactive ketones (excluding diaryl/α,β-unsaturated/α-hetero) is 1. The third kappa shape index (κ3) is 2.92. The molecule has 3 heteroatoms. The van der Waals surface area contributed by atoms with E-state index in [0.717, 1.165) is 23.1 Å². The fraction of sp³-hybridized carbons (Fsp3) is 0.636. The van der Waals surface area contributed by atoms with Crippen LogP contribution in [0.1, 0.15) is 77.5 Å². The number of aryl methyl sites for hydroxylation is 1. The van der Waals surface area contributed by atoms with Crippen LogP contribution in [0.5, 0.6) is 5.75 Å². The van der Waals surface area contributed by atoms with Crippen molar-refractivity contribution in [2.45, 2.75) is 78.6 Å². The van der Waals surface area contributed by atoms with Gasteiger partial charge in [0, 0.05) is 17.5 Å². The number of hydrogen-bond acceptors (Lipinski definition) is 3. The van der Waals surface area contributed by atoms with E-state index in [0.29, 0.717) is 18.6 Å². The van der Waals surface area contributed by atoms with Gasteiger partial charge in [0.05, 0.1) is 0 Å². The maximum absolute atomic E-state index is 13.0. The Morgan fingerprint density at radius 3 is 1.96 bits per heavy atom. The minimum absolute atomic E-state index is 0.0734. The molecule has 3 rings (SSSR count). The Labute approximate surface area is 151 Å². The van der Waals surface area contributed by atoms with Crippen LogP contribution in [0.2, 0.25) is 0 Å². The minimum atomic E-state index is -0.838. The Kier molecular flexibility index (Phi) is 3.94. The second kappa shape index (κ2) is 5.43. The van der Waals surface area contributed by atoms with Crippen LogP contribution in [0.15, 0.2) is 12.1 Å². The van der Waals surface area contributed by atoms with Crippen molar-refractivity contribution in [1.82, 2.24) is 0 Å². The molecular weight excluding hydrogens is 312 g/mol. The van der Waals surface area contributed by atoms with Gasteiger partial charge in [0.25, 0.3) is 0 Å². The van der Waals surface area contributed by atoms with Gasteiger partial charge in [0.1, 0.15) is 11.2 Å². The zero-order valence-electron chi connectivity index (χ0n) is 16.6. The fourth-order valence-electron chi connectivity index (χ4n) is 4.09. The zero-order valence-corrected chi connectivity index (χ0v) is 16.6. The molecule has 0 aromatic heterocycles. The van der Waals surface area contributed by atoms with Crippen molar-refractivity contribution in [2.24, 2.45) is 11.3 Å². The quantitative estimate of drug-likeness (QED) is 0.438. The standard InChI is InChI=1S/C22H30O3/c1-13-10-15(20(2,3)4)18(16(11-13)21(5,6)7)25-19(24)22-12-14(22)8-9-17(22)23/h10-11,14H,8-9,12H2,1-7H3/t14-,22-/m1/s1. The van der Waals surface area contributed by atoms with Crippen molar-refractivity contribution < 1.29 is 14.3 Å². The maximum atomic E-state index is 13.0. The highest BCUT2D eigenvalue weighted by atomic mass is 16.5. The summed E-state index contributed by atoms with van der Waals surface area (Å²) >= 11 is 0. The molecule has 2 aliphatic rings. The topological polar surface area (TPSA) is 43.4 Å². The molecule has 0 N–H and O–H groups in total. The first-order chi connectivity index (χ1) is 11.4. The van der Waals surface area contributed by atoms with Crippen LogP contribution in [0.4, 0.5) is 0 Å². The molecule has 2 aliphatic carbocycles. The largest absolute Gasteiger partial charge is 0.425 e. The summed E-state index contributed by atoms with van der Waals surface area (Å²) in [6.07, 6.45) is 2.03. The lowest BCUT2D eigenvalue weighted by molar-refractivity contribution is -0.145.